The summed E-state index contributed by atoms with van der Waals surface area (Å²) in [6.07, 6.45) is 4.08. The van der Waals surface area contributed by atoms with E-state index in [2.05, 4.69) is 12.2 Å². The van der Waals surface area contributed by atoms with Crippen LogP contribution >= 0.6 is 12.4 Å². The summed E-state index contributed by atoms with van der Waals surface area (Å²) in [6, 6.07) is 6.90. The summed E-state index contributed by atoms with van der Waals surface area (Å²) in [4.78, 5) is 12.8. The first-order chi connectivity index (χ1) is 12.4. The zero-order chi connectivity index (χ0) is 19.2. The van der Waals surface area contributed by atoms with Crippen LogP contribution in [0.2, 0.25) is 0 Å². The van der Waals surface area contributed by atoms with Crippen LogP contribution < -0.4 is 11.1 Å². The van der Waals surface area contributed by atoms with E-state index < -0.39 is 10.0 Å². The molecule has 1 saturated heterocycles. The Labute approximate surface area is 169 Å². The minimum atomic E-state index is -3.49. The van der Waals surface area contributed by atoms with E-state index in [1.54, 1.807) is 24.3 Å². The molecule has 8 heteroatoms. The number of carbonyl (C=O) groups is 1. The van der Waals surface area contributed by atoms with Crippen LogP contribution in [0.5, 0.6) is 0 Å². The molecule has 27 heavy (non-hydrogen) atoms. The zero-order valence-electron chi connectivity index (χ0n) is 16.2. The highest BCUT2D eigenvalue weighted by atomic mass is 35.5. The van der Waals surface area contributed by atoms with Gasteiger partial charge < -0.3 is 11.1 Å². The molecule has 1 aromatic carbocycles. The molecule has 1 unspecified atom stereocenters. The summed E-state index contributed by atoms with van der Waals surface area (Å²) in [7, 11) is -3.49. The van der Waals surface area contributed by atoms with Gasteiger partial charge in [-0.1, -0.05) is 37.5 Å². The first kappa shape index (κ1) is 23.9. The van der Waals surface area contributed by atoms with Crippen LogP contribution in [0, 0.1) is 12.8 Å². The topological polar surface area (TPSA) is 92.5 Å². The highest BCUT2D eigenvalue weighted by Crippen LogP contribution is 2.24. The summed E-state index contributed by atoms with van der Waals surface area (Å²) in [6.45, 7) is 5.22. The summed E-state index contributed by atoms with van der Waals surface area (Å²) < 4.78 is 26.9. The molecule has 1 amide bonds. The minimum absolute atomic E-state index is 0. The maximum absolute atomic E-state index is 12.7. The molecule has 1 fully saturated rings. The third kappa shape index (κ3) is 6.45. The average Bonchev–Trinajstić information content (AvgIpc) is 2.65. The quantitative estimate of drug-likeness (QED) is 0.679. The Morgan fingerprint density at radius 2 is 1.85 bits per heavy atom. The Balaban J connectivity index is 0.00000364. The van der Waals surface area contributed by atoms with Crippen LogP contribution in [-0.4, -0.2) is 44.3 Å². The molecule has 1 atom stereocenters. The molecule has 2 rings (SSSR count). The van der Waals surface area contributed by atoms with Gasteiger partial charge in [0.2, 0.25) is 15.9 Å². The van der Waals surface area contributed by atoms with Crippen molar-refractivity contribution in [2.24, 2.45) is 11.7 Å². The van der Waals surface area contributed by atoms with Gasteiger partial charge in [0.25, 0.3) is 0 Å². The second-order valence-electron chi connectivity index (χ2n) is 7.07. The highest BCUT2D eigenvalue weighted by molar-refractivity contribution is 7.89. The van der Waals surface area contributed by atoms with E-state index in [1.165, 1.54) is 4.31 Å². The van der Waals surface area contributed by atoms with Crippen LogP contribution in [0.3, 0.4) is 0 Å². The van der Waals surface area contributed by atoms with Gasteiger partial charge in [-0.05, 0) is 38.3 Å². The van der Waals surface area contributed by atoms with Crippen molar-refractivity contribution in [3.8, 4) is 0 Å². The van der Waals surface area contributed by atoms with Crippen molar-refractivity contribution < 1.29 is 13.2 Å². The smallest absolute Gasteiger partial charge is 0.243 e. The molecule has 0 aliphatic carbocycles. The van der Waals surface area contributed by atoms with Gasteiger partial charge in [-0.15, -0.1) is 12.4 Å². The Morgan fingerprint density at radius 1 is 1.26 bits per heavy atom. The van der Waals surface area contributed by atoms with E-state index in [0.29, 0.717) is 37.4 Å². The maximum atomic E-state index is 12.7. The van der Waals surface area contributed by atoms with Gasteiger partial charge in [0.15, 0.2) is 0 Å². The Morgan fingerprint density at radius 3 is 2.37 bits per heavy atom. The predicted octanol–water partition coefficient (Wildman–Crippen LogP) is 2.45. The van der Waals surface area contributed by atoms with E-state index >= 15 is 0 Å². The van der Waals surface area contributed by atoms with Crippen molar-refractivity contribution >= 4 is 28.3 Å². The van der Waals surface area contributed by atoms with Crippen molar-refractivity contribution in [2.45, 2.75) is 56.9 Å². The van der Waals surface area contributed by atoms with E-state index in [0.717, 1.165) is 24.8 Å². The number of unbranched alkanes of at least 4 members (excludes halogenated alkanes) is 1. The number of nitrogens with two attached hydrogens (primary N) is 1. The van der Waals surface area contributed by atoms with Gasteiger partial charge >= 0.3 is 0 Å². The SMILES string of the molecule is CCCCC(CN)NC(=O)C1CCN(S(=O)(=O)c2ccc(C)cc2)CC1.Cl. The number of rotatable bonds is 8. The van der Waals surface area contributed by atoms with Crippen LogP contribution in [0.4, 0.5) is 0 Å². The second-order valence-corrected chi connectivity index (χ2v) is 9.01. The van der Waals surface area contributed by atoms with Gasteiger partial charge in [-0.25, -0.2) is 8.42 Å². The fraction of sp³-hybridized carbons (Fsp3) is 0.632. The molecule has 0 radical (unpaired) electrons. The summed E-state index contributed by atoms with van der Waals surface area (Å²) in [5.41, 5.74) is 6.77. The Kier molecular flexibility index (Phi) is 9.73. The monoisotopic (exact) mass is 417 g/mol. The highest BCUT2D eigenvalue weighted by Gasteiger charge is 2.32. The maximum Gasteiger partial charge on any atom is 0.243 e. The van der Waals surface area contributed by atoms with Crippen molar-refractivity contribution in [3.63, 3.8) is 0 Å². The lowest BCUT2D eigenvalue weighted by molar-refractivity contribution is -0.126. The number of benzene rings is 1. The summed E-state index contributed by atoms with van der Waals surface area (Å²) in [5, 5.41) is 3.03. The third-order valence-corrected chi connectivity index (χ3v) is 6.93. The van der Waals surface area contributed by atoms with E-state index in [-0.39, 0.29) is 30.3 Å². The second kappa shape index (κ2) is 11.0. The van der Waals surface area contributed by atoms with Crippen molar-refractivity contribution in [3.05, 3.63) is 29.8 Å². The molecule has 0 saturated carbocycles. The summed E-state index contributed by atoms with van der Waals surface area (Å²) in [5.74, 6) is -0.140. The van der Waals surface area contributed by atoms with Gasteiger partial charge in [0.1, 0.15) is 0 Å². The Bertz CT molecular complexity index is 687. The fourth-order valence-corrected chi connectivity index (χ4v) is 4.71. The molecular formula is C19H32ClN3O3S. The van der Waals surface area contributed by atoms with E-state index in [1.807, 2.05) is 6.92 Å². The van der Waals surface area contributed by atoms with Gasteiger partial charge in [-0.3, -0.25) is 4.79 Å². The number of aryl methyl sites for hydroxylation is 1. The van der Waals surface area contributed by atoms with Crippen molar-refractivity contribution in [1.29, 1.82) is 0 Å². The van der Waals surface area contributed by atoms with Gasteiger partial charge in [0.05, 0.1) is 4.90 Å². The first-order valence-corrected chi connectivity index (χ1v) is 10.9. The number of nitrogens with zero attached hydrogens (tertiary/aromatic N) is 1. The number of sulfonamides is 1. The molecule has 1 aromatic rings. The lowest BCUT2D eigenvalue weighted by Crippen LogP contribution is -2.47. The van der Waals surface area contributed by atoms with Gasteiger partial charge in [0, 0.05) is 31.6 Å². The lowest BCUT2D eigenvalue weighted by Gasteiger charge is -2.31. The van der Waals surface area contributed by atoms with Crippen LogP contribution in [0.1, 0.15) is 44.6 Å². The van der Waals surface area contributed by atoms with Crippen LogP contribution in [0.25, 0.3) is 0 Å². The van der Waals surface area contributed by atoms with Crippen LogP contribution in [-0.2, 0) is 14.8 Å². The number of carbonyl (C=O) groups excluding carboxylic acids is 1. The number of hydrogen-bond donors (Lipinski definition) is 2. The normalized spacial score (nSPS) is 17.1. The average molecular weight is 418 g/mol. The fourth-order valence-electron chi connectivity index (χ4n) is 3.24. The van der Waals surface area contributed by atoms with Gasteiger partial charge in [-0.2, -0.15) is 4.31 Å². The minimum Gasteiger partial charge on any atom is -0.352 e. The summed E-state index contributed by atoms with van der Waals surface area (Å²) >= 11 is 0. The lowest BCUT2D eigenvalue weighted by atomic mass is 9.96. The number of nitrogens with one attached hydrogen (secondary N) is 1. The molecule has 3 N–H and O–H groups in total. The van der Waals surface area contributed by atoms with Crippen LogP contribution in [0.15, 0.2) is 29.2 Å². The molecule has 0 spiro atoms. The molecule has 0 aromatic heterocycles. The zero-order valence-corrected chi connectivity index (χ0v) is 17.8. The number of halogens is 1. The molecule has 0 bridgehead atoms. The number of amides is 1. The number of hydrogen-bond acceptors (Lipinski definition) is 4. The molecule has 1 heterocycles. The van der Waals surface area contributed by atoms with Crippen molar-refractivity contribution in [2.75, 3.05) is 19.6 Å². The predicted molar refractivity (Wildman–Crippen MR) is 110 cm³/mol. The Hall–Kier alpha value is -1.15. The third-order valence-electron chi connectivity index (χ3n) is 5.02. The largest absolute Gasteiger partial charge is 0.352 e. The number of piperidine rings is 1. The first-order valence-electron chi connectivity index (χ1n) is 9.45. The van der Waals surface area contributed by atoms with E-state index in [9.17, 15) is 13.2 Å². The molecule has 1 aliphatic heterocycles. The van der Waals surface area contributed by atoms with E-state index in [4.69, 9.17) is 5.73 Å². The molecule has 154 valence electrons. The molecular weight excluding hydrogens is 386 g/mol. The van der Waals surface area contributed by atoms with Crippen molar-refractivity contribution in [1.82, 2.24) is 9.62 Å². The molecule has 1 aliphatic rings. The molecule has 6 nitrogen and oxygen atoms in total. The standard InChI is InChI=1S/C19H31N3O3S.ClH/c1-3-4-5-17(14-20)21-19(23)16-10-12-22(13-11-16)26(24,25)18-8-6-15(2)7-9-18;/h6-9,16-17H,3-5,10-14,20H2,1-2H3,(H,21,23);1H.